The number of hydrogen-bond donors (Lipinski definition) is 2. The highest BCUT2D eigenvalue weighted by Crippen LogP contribution is 2.54. The molecule has 2 amide bonds. The Balaban J connectivity index is 1.91. The zero-order chi connectivity index (χ0) is 21.6. The second-order valence-corrected chi connectivity index (χ2v) is 9.41. The molecular formula is C20H26N2O6S. The van der Waals surface area contributed by atoms with Gasteiger partial charge in [0.1, 0.15) is 34.0 Å². The topological polar surface area (TPSA) is 105 Å². The summed E-state index contributed by atoms with van der Waals surface area (Å²) in [4.78, 5) is 39.2. The molecule has 2 heterocycles. The minimum atomic E-state index is -1.22. The van der Waals surface area contributed by atoms with E-state index in [1.165, 1.54) is 16.7 Å². The molecule has 2 saturated heterocycles. The number of amides is 2. The van der Waals surface area contributed by atoms with Gasteiger partial charge in [-0.3, -0.25) is 9.59 Å². The van der Waals surface area contributed by atoms with E-state index >= 15 is 0 Å². The third kappa shape index (κ3) is 3.31. The predicted octanol–water partition coefficient (Wildman–Crippen LogP) is 2.12. The summed E-state index contributed by atoms with van der Waals surface area (Å²) in [5.74, 6) is -1.22. The van der Waals surface area contributed by atoms with E-state index in [2.05, 4.69) is 5.32 Å². The monoisotopic (exact) mass is 422 g/mol. The van der Waals surface area contributed by atoms with Crippen LogP contribution in [0.4, 0.5) is 0 Å². The number of hydrogen-bond acceptors (Lipinski definition) is 6. The van der Waals surface area contributed by atoms with E-state index in [1.807, 2.05) is 13.8 Å². The van der Waals surface area contributed by atoms with Crippen LogP contribution in [0.15, 0.2) is 18.2 Å². The molecule has 3 rings (SSSR count). The maximum Gasteiger partial charge on any atom is 0.327 e. The molecule has 0 saturated carbocycles. The first kappa shape index (κ1) is 21.3. The van der Waals surface area contributed by atoms with Gasteiger partial charge in [0.15, 0.2) is 0 Å². The number of benzene rings is 1. The molecule has 8 nitrogen and oxygen atoms in total. The van der Waals surface area contributed by atoms with Crippen molar-refractivity contribution in [3.63, 3.8) is 0 Å². The third-order valence-electron chi connectivity index (χ3n) is 5.20. The number of carboxylic acids is 1. The maximum atomic E-state index is 13.2. The first-order valence-corrected chi connectivity index (χ1v) is 10.4. The smallest absolute Gasteiger partial charge is 0.327 e. The van der Waals surface area contributed by atoms with Gasteiger partial charge in [0, 0.05) is 4.75 Å². The van der Waals surface area contributed by atoms with Crippen LogP contribution < -0.4 is 14.8 Å². The van der Waals surface area contributed by atoms with Crippen molar-refractivity contribution in [3.05, 3.63) is 23.8 Å². The lowest BCUT2D eigenvalue weighted by Gasteiger charge is -2.51. The molecule has 2 N–H and O–H groups in total. The third-order valence-corrected chi connectivity index (χ3v) is 6.95. The molecule has 2 fully saturated rings. The highest BCUT2D eigenvalue weighted by atomic mass is 32.2. The highest BCUT2D eigenvalue weighted by molar-refractivity contribution is 8.01. The quantitative estimate of drug-likeness (QED) is 0.649. The van der Waals surface area contributed by atoms with E-state index in [4.69, 9.17) is 9.47 Å². The number of fused-ring (bicyclic) bond motifs is 1. The van der Waals surface area contributed by atoms with Crippen molar-refractivity contribution in [1.82, 2.24) is 10.2 Å². The molecule has 158 valence electrons. The van der Waals surface area contributed by atoms with Gasteiger partial charge < -0.3 is 24.8 Å². The SMILES string of the molecule is CCOc1cccc(OCC)c1C(=O)NC1(C)C(=O)N2[C@@H](C(=O)O)C(C)(C)S[C@@H]21. The molecule has 0 aliphatic carbocycles. The standard InChI is InChI=1S/C20H26N2O6S/c1-6-27-11-9-8-10-12(28-7-2)13(11)15(23)21-20(5)17(26)22-14(16(24)25)19(3,4)29-18(20)22/h8-10,14,18H,6-7H2,1-5H3,(H,21,23)(H,24,25)/t14-,18+,20?/m0/s1. The van der Waals surface area contributed by atoms with Crippen molar-refractivity contribution in [2.24, 2.45) is 0 Å². The Morgan fingerprint density at radius 1 is 1.17 bits per heavy atom. The van der Waals surface area contributed by atoms with E-state index in [0.29, 0.717) is 24.7 Å². The molecule has 29 heavy (non-hydrogen) atoms. The second kappa shape index (κ2) is 7.44. The molecule has 0 bridgehead atoms. The summed E-state index contributed by atoms with van der Waals surface area (Å²) in [6.45, 7) is 9.58. The van der Waals surface area contributed by atoms with Crippen LogP contribution in [0.2, 0.25) is 0 Å². The number of carbonyl (C=O) groups is 3. The molecule has 0 radical (unpaired) electrons. The Hall–Kier alpha value is -2.42. The van der Waals surface area contributed by atoms with Crippen molar-refractivity contribution >= 4 is 29.5 Å². The van der Waals surface area contributed by atoms with Crippen LogP contribution in [0.25, 0.3) is 0 Å². The summed E-state index contributed by atoms with van der Waals surface area (Å²) in [5.41, 5.74) is -0.993. The molecule has 0 aromatic heterocycles. The van der Waals surface area contributed by atoms with E-state index in [-0.39, 0.29) is 5.56 Å². The molecule has 3 atom stereocenters. The number of β-lactam (4-membered cyclic amide) rings is 1. The van der Waals surface area contributed by atoms with Gasteiger partial charge >= 0.3 is 5.97 Å². The number of rotatable bonds is 7. The minimum absolute atomic E-state index is 0.223. The Morgan fingerprint density at radius 3 is 2.21 bits per heavy atom. The summed E-state index contributed by atoms with van der Waals surface area (Å²) in [6.07, 6.45) is 0. The van der Waals surface area contributed by atoms with Gasteiger partial charge in [-0.1, -0.05) is 6.07 Å². The number of nitrogens with one attached hydrogen (secondary N) is 1. The van der Waals surface area contributed by atoms with E-state index < -0.39 is 39.5 Å². The molecule has 1 aromatic rings. The summed E-state index contributed by atoms with van der Waals surface area (Å²) in [7, 11) is 0. The highest BCUT2D eigenvalue weighted by Gasteiger charge is 2.70. The minimum Gasteiger partial charge on any atom is -0.493 e. The van der Waals surface area contributed by atoms with Gasteiger partial charge in [-0.15, -0.1) is 11.8 Å². The van der Waals surface area contributed by atoms with Gasteiger partial charge in [0.05, 0.1) is 13.2 Å². The van der Waals surface area contributed by atoms with E-state index in [1.54, 1.807) is 39.0 Å². The lowest BCUT2D eigenvalue weighted by molar-refractivity contribution is -0.165. The normalized spacial score (nSPS) is 27.1. The lowest BCUT2D eigenvalue weighted by atomic mass is 9.86. The zero-order valence-electron chi connectivity index (χ0n) is 17.1. The zero-order valence-corrected chi connectivity index (χ0v) is 18.0. The molecule has 2 aliphatic rings. The fourth-order valence-electron chi connectivity index (χ4n) is 3.92. The van der Waals surface area contributed by atoms with Gasteiger partial charge in [-0.2, -0.15) is 0 Å². The van der Waals surface area contributed by atoms with Crippen molar-refractivity contribution in [2.75, 3.05) is 13.2 Å². The Kier molecular flexibility index (Phi) is 5.46. The average Bonchev–Trinajstić information content (AvgIpc) is 2.92. The van der Waals surface area contributed by atoms with Crippen LogP contribution in [0.5, 0.6) is 11.5 Å². The summed E-state index contributed by atoms with van der Waals surface area (Å²) in [5, 5.41) is 11.9. The van der Waals surface area contributed by atoms with Gasteiger partial charge in [0.2, 0.25) is 0 Å². The fraction of sp³-hybridized carbons (Fsp3) is 0.550. The van der Waals surface area contributed by atoms with Gasteiger partial charge in [-0.25, -0.2) is 4.79 Å². The van der Waals surface area contributed by atoms with Gasteiger partial charge in [-0.05, 0) is 46.8 Å². The molecular weight excluding hydrogens is 396 g/mol. The second-order valence-electron chi connectivity index (χ2n) is 7.68. The predicted molar refractivity (Wildman–Crippen MR) is 108 cm³/mol. The number of thioether (sulfide) groups is 1. The van der Waals surface area contributed by atoms with E-state index in [9.17, 15) is 19.5 Å². The summed E-state index contributed by atoms with van der Waals surface area (Å²) in [6, 6.07) is 4.14. The maximum absolute atomic E-state index is 13.2. The van der Waals surface area contributed by atoms with Crippen LogP contribution in [0.1, 0.15) is 45.0 Å². The van der Waals surface area contributed by atoms with Crippen molar-refractivity contribution in [2.45, 2.75) is 56.3 Å². The van der Waals surface area contributed by atoms with Crippen LogP contribution in [-0.4, -0.2) is 62.7 Å². The van der Waals surface area contributed by atoms with Crippen LogP contribution in [-0.2, 0) is 9.59 Å². The van der Waals surface area contributed by atoms with Crippen LogP contribution >= 0.6 is 11.8 Å². The summed E-state index contributed by atoms with van der Waals surface area (Å²) < 4.78 is 10.5. The number of nitrogens with zero attached hydrogens (tertiary/aromatic N) is 1. The van der Waals surface area contributed by atoms with Crippen molar-refractivity contribution < 1.29 is 29.0 Å². The molecule has 9 heteroatoms. The molecule has 1 unspecified atom stereocenters. The molecule has 1 aromatic carbocycles. The fourth-order valence-corrected chi connectivity index (χ4v) is 5.57. The van der Waals surface area contributed by atoms with Crippen LogP contribution in [0, 0.1) is 0 Å². The first-order chi connectivity index (χ1) is 13.6. The van der Waals surface area contributed by atoms with Crippen LogP contribution in [0.3, 0.4) is 0 Å². The Bertz CT molecular complexity index is 833. The number of ether oxygens (including phenoxy) is 2. The van der Waals surface area contributed by atoms with Crippen molar-refractivity contribution in [1.29, 1.82) is 0 Å². The Labute approximate surface area is 173 Å². The number of aliphatic carboxylic acids is 1. The van der Waals surface area contributed by atoms with E-state index in [0.717, 1.165) is 0 Å². The molecule has 2 aliphatic heterocycles. The number of carbonyl (C=O) groups excluding carboxylic acids is 2. The van der Waals surface area contributed by atoms with Gasteiger partial charge in [0.25, 0.3) is 11.8 Å². The average molecular weight is 423 g/mol. The Morgan fingerprint density at radius 2 is 1.72 bits per heavy atom. The largest absolute Gasteiger partial charge is 0.493 e. The van der Waals surface area contributed by atoms with Crippen molar-refractivity contribution in [3.8, 4) is 11.5 Å². The molecule has 0 spiro atoms. The summed E-state index contributed by atoms with van der Waals surface area (Å²) >= 11 is 1.38. The first-order valence-electron chi connectivity index (χ1n) is 9.53. The number of carboxylic acid groups (broad SMARTS) is 1. The lowest BCUT2D eigenvalue weighted by Crippen LogP contribution is -2.78.